The van der Waals surface area contributed by atoms with Crippen molar-refractivity contribution >= 4 is 16.8 Å². The zero-order chi connectivity index (χ0) is 13.2. The molecule has 0 radical (unpaired) electrons. The Morgan fingerprint density at radius 3 is 2.42 bits per heavy atom. The Morgan fingerprint density at radius 1 is 1.00 bits per heavy atom. The highest BCUT2D eigenvalue weighted by Gasteiger charge is 2.14. The molecular weight excluding hydrogens is 236 g/mol. The lowest BCUT2D eigenvalue weighted by molar-refractivity contribution is 0.0965. The van der Waals surface area contributed by atoms with Crippen molar-refractivity contribution in [2.45, 2.75) is 0 Å². The fraction of sp³-hybridized carbons (Fsp3) is 0. The van der Waals surface area contributed by atoms with Crippen molar-refractivity contribution in [3.63, 3.8) is 0 Å². The minimum absolute atomic E-state index is 0.127. The molecule has 0 N–H and O–H groups in total. The van der Waals surface area contributed by atoms with Crippen LogP contribution in [0, 0.1) is 11.3 Å². The SMILES string of the molecule is N#Cc1cn(C(=O)c2ccccc2)c2ccccc12. The molecule has 0 unspecified atom stereocenters. The highest BCUT2D eigenvalue weighted by Crippen LogP contribution is 2.21. The van der Waals surface area contributed by atoms with E-state index in [1.807, 2.05) is 42.5 Å². The quantitative estimate of drug-likeness (QED) is 0.662. The van der Waals surface area contributed by atoms with Gasteiger partial charge in [-0.2, -0.15) is 5.26 Å². The van der Waals surface area contributed by atoms with Crippen LogP contribution in [0.5, 0.6) is 0 Å². The molecule has 0 aliphatic heterocycles. The maximum absolute atomic E-state index is 12.4. The van der Waals surface area contributed by atoms with Gasteiger partial charge < -0.3 is 0 Å². The summed E-state index contributed by atoms with van der Waals surface area (Å²) in [6.07, 6.45) is 1.60. The number of carbonyl (C=O) groups excluding carboxylic acids is 1. The summed E-state index contributed by atoms with van der Waals surface area (Å²) in [7, 11) is 0. The normalized spacial score (nSPS) is 10.3. The molecular formula is C16H10N2O. The lowest BCUT2D eigenvalue weighted by Gasteiger charge is -2.03. The molecule has 2 aromatic carbocycles. The number of para-hydroxylation sites is 1. The van der Waals surface area contributed by atoms with Gasteiger partial charge in [-0.05, 0) is 18.2 Å². The average molecular weight is 246 g/mol. The Balaban J connectivity index is 2.22. The van der Waals surface area contributed by atoms with Gasteiger partial charge in [0.15, 0.2) is 0 Å². The smallest absolute Gasteiger partial charge is 0.262 e. The Morgan fingerprint density at radius 2 is 1.68 bits per heavy atom. The highest BCUT2D eigenvalue weighted by atomic mass is 16.2. The molecule has 0 amide bonds. The predicted molar refractivity (Wildman–Crippen MR) is 72.8 cm³/mol. The van der Waals surface area contributed by atoms with Crippen molar-refractivity contribution in [3.8, 4) is 6.07 Å². The molecule has 3 aromatic rings. The van der Waals surface area contributed by atoms with Crippen LogP contribution in [0.1, 0.15) is 15.9 Å². The van der Waals surface area contributed by atoms with Crippen molar-refractivity contribution in [2.75, 3.05) is 0 Å². The van der Waals surface area contributed by atoms with Gasteiger partial charge >= 0.3 is 0 Å². The van der Waals surface area contributed by atoms with Crippen LogP contribution in [-0.2, 0) is 0 Å². The van der Waals surface area contributed by atoms with Gasteiger partial charge in [0.25, 0.3) is 5.91 Å². The van der Waals surface area contributed by atoms with Gasteiger partial charge in [-0.3, -0.25) is 9.36 Å². The number of hydrogen-bond acceptors (Lipinski definition) is 2. The summed E-state index contributed by atoms with van der Waals surface area (Å²) in [6, 6.07) is 18.6. The monoisotopic (exact) mass is 246 g/mol. The fourth-order valence-electron chi connectivity index (χ4n) is 2.16. The van der Waals surface area contributed by atoms with Crippen LogP contribution >= 0.6 is 0 Å². The van der Waals surface area contributed by atoms with Gasteiger partial charge in [0.05, 0.1) is 11.1 Å². The van der Waals surface area contributed by atoms with Crippen LogP contribution in [0.15, 0.2) is 60.8 Å². The van der Waals surface area contributed by atoms with Gasteiger partial charge in [-0.25, -0.2) is 0 Å². The fourth-order valence-corrected chi connectivity index (χ4v) is 2.16. The Kier molecular flexibility index (Phi) is 2.62. The number of nitrogens with zero attached hydrogens (tertiary/aromatic N) is 2. The zero-order valence-electron chi connectivity index (χ0n) is 10.1. The van der Waals surface area contributed by atoms with Crippen LogP contribution in [0.3, 0.4) is 0 Å². The standard InChI is InChI=1S/C16H10N2O/c17-10-13-11-18(15-9-5-4-8-14(13)15)16(19)12-6-2-1-3-7-12/h1-9,11H. The van der Waals surface area contributed by atoms with Gasteiger partial charge in [0.1, 0.15) is 6.07 Å². The first-order chi connectivity index (χ1) is 9.31. The van der Waals surface area contributed by atoms with Crippen LogP contribution in [0.2, 0.25) is 0 Å². The molecule has 19 heavy (non-hydrogen) atoms. The average Bonchev–Trinajstić information content (AvgIpc) is 2.86. The third-order valence-corrected chi connectivity index (χ3v) is 3.07. The van der Waals surface area contributed by atoms with Gasteiger partial charge in [-0.15, -0.1) is 0 Å². The van der Waals surface area contributed by atoms with Crippen LogP contribution < -0.4 is 0 Å². The van der Waals surface area contributed by atoms with E-state index in [1.165, 1.54) is 4.57 Å². The summed E-state index contributed by atoms with van der Waals surface area (Å²) in [4.78, 5) is 12.4. The Labute approximate surface area is 110 Å². The molecule has 0 saturated carbocycles. The van der Waals surface area contributed by atoms with Crippen molar-refractivity contribution in [1.82, 2.24) is 4.57 Å². The van der Waals surface area contributed by atoms with Crippen LogP contribution in [0.25, 0.3) is 10.9 Å². The maximum Gasteiger partial charge on any atom is 0.262 e. The van der Waals surface area contributed by atoms with E-state index >= 15 is 0 Å². The van der Waals surface area contributed by atoms with E-state index in [9.17, 15) is 4.79 Å². The largest absolute Gasteiger partial charge is 0.282 e. The van der Waals surface area contributed by atoms with E-state index in [-0.39, 0.29) is 5.91 Å². The summed E-state index contributed by atoms with van der Waals surface area (Å²) in [5.74, 6) is -0.127. The molecule has 0 atom stereocenters. The first-order valence-electron chi connectivity index (χ1n) is 5.91. The zero-order valence-corrected chi connectivity index (χ0v) is 10.1. The summed E-state index contributed by atoms with van der Waals surface area (Å²) in [5.41, 5.74) is 1.88. The van der Waals surface area contributed by atoms with Crippen molar-refractivity contribution in [3.05, 3.63) is 71.9 Å². The summed E-state index contributed by atoms with van der Waals surface area (Å²) in [6.45, 7) is 0. The predicted octanol–water partition coefficient (Wildman–Crippen LogP) is 3.20. The van der Waals surface area contributed by atoms with Crippen LogP contribution in [-0.4, -0.2) is 10.5 Å². The molecule has 0 fully saturated rings. The molecule has 0 aliphatic rings. The van der Waals surface area contributed by atoms with E-state index in [0.29, 0.717) is 11.1 Å². The van der Waals surface area contributed by atoms with E-state index < -0.39 is 0 Å². The molecule has 0 aliphatic carbocycles. The number of benzene rings is 2. The number of carbonyl (C=O) groups is 1. The van der Waals surface area contributed by atoms with E-state index in [2.05, 4.69) is 6.07 Å². The molecule has 0 saturated heterocycles. The molecule has 1 heterocycles. The third kappa shape index (κ3) is 1.80. The summed E-state index contributed by atoms with van der Waals surface area (Å²) in [5, 5.41) is 9.93. The molecule has 0 bridgehead atoms. The Bertz CT molecular complexity index is 794. The van der Waals surface area contributed by atoms with Gasteiger partial charge in [-0.1, -0.05) is 36.4 Å². The number of aromatic nitrogens is 1. The van der Waals surface area contributed by atoms with Gasteiger partial charge in [0, 0.05) is 17.1 Å². The van der Waals surface area contributed by atoms with E-state index in [1.54, 1.807) is 18.3 Å². The molecule has 0 spiro atoms. The molecule has 3 heteroatoms. The molecule has 90 valence electrons. The second-order valence-electron chi connectivity index (χ2n) is 4.21. The first kappa shape index (κ1) is 11.2. The number of rotatable bonds is 1. The Hall–Kier alpha value is -2.86. The summed E-state index contributed by atoms with van der Waals surface area (Å²) < 4.78 is 1.53. The second kappa shape index (κ2) is 4.43. The van der Waals surface area contributed by atoms with Crippen molar-refractivity contribution in [1.29, 1.82) is 5.26 Å². The number of nitriles is 1. The lowest BCUT2D eigenvalue weighted by atomic mass is 10.2. The topological polar surface area (TPSA) is 45.8 Å². The lowest BCUT2D eigenvalue weighted by Crippen LogP contribution is -2.10. The second-order valence-corrected chi connectivity index (χ2v) is 4.21. The molecule has 3 rings (SSSR count). The van der Waals surface area contributed by atoms with E-state index in [0.717, 1.165) is 10.9 Å². The number of hydrogen-bond donors (Lipinski definition) is 0. The van der Waals surface area contributed by atoms with Crippen LogP contribution in [0.4, 0.5) is 0 Å². The molecule has 1 aromatic heterocycles. The minimum atomic E-state index is -0.127. The maximum atomic E-state index is 12.4. The van der Waals surface area contributed by atoms with Gasteiger partial charge in [0.2, 0.25) is 0 Å². The van der Waals surface area contributed by atoms with Crippen molar-refractivity contribution in [2.24, 2.45) is 0 Å². The van der Waals surface area contributed by atoms with E-state index in [4.69, 9.17) is 5.26 Å². The first-order valence-corrected chi connectivity index (χ1v) is 5.91. The number of fused-ring (bicyclic) bond motifs is 1. The third-order valence-electron chi connectivity index (χ3n) is 3.07. The highest BCUT2D eigenvalue weighted by molar-refractivity contribution is 6.03. The van der Waals surface area contributed by atoms with Crippen molar-refractivity contribution < 1.29 is 4.79 Å². The minimum Gasteiger partial charge on any atom is -0.282 e. The molecule has 3 nitrogen and oxygen atoms in total. The summed E-state index contributed by atoms with van der Waals surface area (Å²) >= 11 is 0.